The van der Waals surface area contributed by atoms with Gasteiger partial charge < -0.3 is 10.1 Å². The lowest BCUT2D eigenvalue weighted by Gasteiger charge is -2.14. The third-order valence-electron chi connectivity index (χ3n) is 3.57. The van der Waals surface area contributed by atoms with Crippen LogP contribution in [0.3, 0.4) is 0 Å². The van der Waals surface area contributed by atoms with Gasteiger partial charge in [-0.2, -0.15) is 0 Å². The molecule has 0 bridgehead atoms. The van der Waals surface area contributed by atoms with Crippen molar-refractivity contribution in [3.05, 3.63) is 60.9 Å². The zero-order chi connectivity index (χ0) is 17.6. The van der Waals surface area contributed by atoms with E-state index in [0.717, 1.165) is 5.69 Å². The molecule has 0 unspecified atom stereocenters. The predicted octanol–water partition coefficient (Wildman–Crippen LogP) is 3.40. The average Bonchev–Trinajstić information content (AvgIpc) is 3.11. The molecule has 0 saturated heterocycles. The lowest BCUT2D eigenvalue weighted by molar-refractivity contribution is -0.115. The van der Waals surface area contributed by atoms with Crippen molar-refractivity contribution in [2.24, 2.45) is 0 Å². The van der Waals surface area contributed by atoms with E-state index in [1.165, 1.54) is 11.8 Å². The highest BCUT2D eigenvalue weighted by Crippen LogP contribution is 2.27. The molecule has 25 heavy (non-hydrogen) atoms. The Morgan fingerprint density at radius 2 is 1.88 bits per heavy atom. The average molecular weight is 354 g/mol. The first-order valence-corrected chi connectivity index (χ1v) is 8.63. The Kier molecular flexibility index (Phi) is 5.35. The van der Waals surface area contributed by atoms with Gasteiger partial charge >= 0.3 is 0 Å². The fraction of sp³-hybridized carbons (Fsp3) is 0.167. The number of hydrogen-bond donors (Lipinski definition) is 1. The molecule has 0 saturated carbocycles. The van der Waals surface area contributed by atoms with E-state index in [2.05, 4.69) is 15.5 Å². The van der Waals surface area contributed by atoms with E-state index in [-0.39, 0.29) is 11.2 Å². The van der Waals surface area contributed by atoms with Crippen LogP contribution in [0.4, 0.5) is 5.69 Å². The third kappa shape index (κ3) is 4.00. The number of thioether (sulfide) groups is 1. The molecule has 0 aliphatic rings. The van der Waals surface area contributed by atoms with Crippen molar-refractivity contribution < 1.29 is 9.53 Å². The van der Waals surface area contributed by atoms with Gasteiger partial charge in [0.05, 0.1) is 18.0 Å². The minimum Gasteiger partial charge on any atom is -0.495 e. The van der Waals surface area contributed by atoms with Crippen molar-refractivity contribution in [3.63, 3.8) is 0 Å². The number of carbonyl (C=O) groups excluding carboxylic acids is 1. The van der Waals surface area contributed by atoms with E-state index in [0.29, 0.717) is 16.6 Å². The number of nitrogens with zero attached hydrogens (tertiary/aromatic N) is 3. The van der Waals surface area contributed by atoms with E-state index < -0.39 is 0 Å². The van der Waals surface area contributed by atoms with Crippen molar-refractivity contribution in [2.45, 2.75) is 17.3 Å². The second kappa shape index (κ2) is 7.85. The summed E-state index contributed by atoms with van der Waals surface area (Å²) in [6, 6.07) is 17.1. The summed E-state index contributed by atoms with van der Waals surface area (Å²) in [6.45, 7) is 1.83. The molecule has 1 N–H and O–H groups in total. The molecule has 128 valence electrons. The monoisotopic (exact) mass is 354 g/mol. The van der Waals surface area contributed by atoms with Crippen LogP contribution in [-0.4, -0.2) is 33.0 Å². The zero-order valence-electron chi connectivity index (χ0n) is 13.9. The van der Waals surface area contributed by atoms with Crippen LogP contribution in [-0.2, 0) is 4.79 Å². The maximum absolute atomic E-state index is 12.5. The highest BCUT2D eigenvalue weighted by Gasteiger charge is 2.19. The number of anilines is 1. The summed E-state index contributed by atoms with van der Waals surface area (Å²) in [5.74, 6) is 0.498. The Hall–Kier alpha value is -2.80. The number of amides is 1. The van der Waals surface area contributed by atoms with Crippen LogP contribution in [0.5, 0.6) is 5.75 Å². The minimum atomic E-state index is -0.350. The Balaban J connectivity index is 1.72. The summed E-state index contributed by atoms with van der Waals surface area (Å²) in [5.41, 5.74) is 1.60. The molecular formula is C18H18N4O2S. The van der Waals surface area contributed by atoms with Crippen LogP contribution in [0.15, 0.2) is 66.1 Å². The fourth-order valence-corrected chi connectivity index (χ4v) is 3.11. The Morgan fingerprint density at radius 3 is 2.64 bits per heavy atom. The number of ether oxygens (including phenoxy) is 1. The van der Waals surface area contributed by atoms with Crippen molar-refractivity contribution in [2.75, 3.05) is 12.4 Å². The summed E-state index contributed by atoms with van der Waals surface area (Å²) >= 11 is 1.35. The van der Waals surface area contributed by atoms with E-state index in [4.69, 9.17) is 4.74 Å². The summed E-state index contributed by atoms with van der Waals surface area (Å²) < 4.78 is 7.12. The highest BCUT2D eigenvalue weighted by atomic mass is 32.2. The molecule has 0 aliphatic heterocycles. The predicted molar refractivity (Wildman–Crippen MR) is 98.3 cm³/mol. The molecule has 0 fully saturated rings. The second-order valence-corrected chi connectivity index (χ2v) is 6.58. The molecule has 3 aromatic rings. The molecule has 1 amide bonds. The number of aromatic nitrogens is 3. The van der Waals surface area contributed by atoms with Gasteiger partial charge in [-0.25, -0.2) is 0 Å². The lowest BCUT2D eigenvalue weighted by Crippen LogP contribution is -2.23. The van der Waals surface area contributed by atoms with E-state index >= 15 is 0 Å². The molecule has 3 rings (SSSR count). The van der Waals surface area contributed by atoms with Gasteiger partial charge in [-0.1, -0.05) is 42.1 Å². The largest absolute Gasteiger partial charge is 0.495 e. The first kappa shape index (κ1) is 17.0. The number of benzene rings is 2. The first-order valence-electron chi connectivity index (χ1n) is 7.75. The van der Waals surface area contributed by atoms with Crippen molar-refractivity contribution in [3.8, 4) is 11.4 Å². The third-order valence-corrected chi connectivity index (χ3v) is 4.62. The lowest BCUT2D eigenvalue weighted by atomic mass is 10.3. The van der Waals surface area contributed by atoms with Gasteiger partial charge in [0.25, 0.3) is 0 Å². The molecule has 0 radical (unpaired) electrons. The summed E-state index contributed by atoms with van der Waals surface area (Å²) in [5, 5.41) is 11.3. The summed E-state index contributed by atoms with van der Waals surface area (Å²) in [7, 11) is 1.57. The van der Waals surface area contributed by atoms with Crippen LogP contribution in [0.1, 0.15) is 6.92 Å². The van der Waals surface area contributed by atoms with Gasteiger partial charge in [-0.15, -0.1) is 10.2 Å². The second-order valence-electron chi connectivity index (χ2n) is 5.27. The molecule has 7 heteroatoms. The van der Waals surface area contributed by atoms with Gasteiger partial charge in [-0.05, 0) is 31.2 Å². The molecule has 0 spiro atoms. The standard InChI is InChI=1S/C18H18N4O2S/c1-13(17(23)20-15-10-6-7-11-16(15)24-2)25-18-21-19-12-22(18)14-8-4-3-5-9-14/h3-13H,1-2H3,(H,20,23)/t13-/m0/s1. The normalized spacial score (nSPS) is 11.8. The number of hydrogen-bond acceptors (Lipinski definition) is 5. The number of carbonyl (C=O) groups is 1. The summed E-state index contributed by atoms with van der Waals surface area (Å²) in [4.78, 5) is 12.5. The highest BCUT2D eigenvalue weighted by molar-refractivity contribution is 8.00. The topological polar surface area (TPSA) is 69.0 Å². The van der Waals surface area contributed by atoms with Crippen molar-refractivity contribution in [1.29, 1.82) is 0 Å². The van der Waals surface area contributed by atoms with Gasteiger partial charge in [-0.3, -0.25) is 9.36 Å². The van der Waals surface area contributed by atoms with Crippen molar-refractivity contribution in [1.82, 2.24) is 14.8 Å². The molecule has 0 aliphatic carbocycles. The van der Waals surface area contributed by atoms with Crippen LogP contribution in [0, 0.1) is 0 Å². The maximum atomic E-state index is 12.5. The Bertz CT molecular complexity index is 851. The van der Waals surface area contributed by atoms with Crippen LogP contribution in [0.25, 0.3) is 5.69 Å². The first-order chi connectivity index (χ1) is 12.2. The summed E-state index contributed by atoms with van der Waals surface area (Å²) in [6.07, 6.45) is 1.64. The minimum absolute atomic E-state index is 0.128. The smallest absolute Gasteiger partial charge is 0.237 e. The van der Waals surface area contributed by atoms with Gasteiger partial charge in [0.2, 0.25) is 5.91 Å². The fourth-order valence-electron chi connectivity index (χ4n) is 2.26. The molecule has 2 aromatic carbocycles. The van der Waals surface area contributed by atoms with Gasteiger partial charge in [0.15, 0.2) is 5.16 Å². The van der Waals surface area contributed by atoms with Crippen molar-refractivity contribution >= 4 is 23.4 Å². The molecule has 1 atom stereocenters. The van der Waals surface area contributed by atoms with Crippen LogP contribution < -0.4 is 10.1 Å². The van der Waals surface area contributed by atoms with E-state index in [1.54, 1.807) is 25.6 Å². The Morgan fingerprint density at radius 1 is 1.16 bits per heavy atom. The molecule has 1 heterocycles. The number of rotatable bonds is 6. The van der Waals surface area contributed by atoms with Crippen LogP contribution >= 0.6 is 11.8 Å². The van der Waals surface area contributed by atoms with Gasteiger partial charge in [0, 0.05) is 5.69 Å². The quantitative estimate of drug-likeness (QED) is 0.687. The molecule has 1 aromatic heterocycles. The van der Waals surface area contributed by atoms with E-state index in [1.807, 2.05) is 54.0 Å². The Labute approximate surface area is 150 Å². The molecule has 6 nitrogen and oxygen atoms in total. The number of nitrogens with one attached hydrogen (secondary N) is 1. The zero-order valence-corrected chi connectivity index (χ0v) is 14.7. The number of methoxy groups -OCH3 is 1. The SMILES string of the molecule is COc1ccccc1NC(=O)[C@H](C)Sc1nncn1-c1ccccc1. The van der Waals surface area contributed by atoms with Gasteiger partial charge in [0.1, 0.15) is 12.1 Å². The van der Waals surface area contributed by atoms with Crippen LogP contribution in [0.2, 0.25) is 0 Å². The van der Waals surface area contributed by atoms with E-state index in [9.17, 15) is 4.79 Å². The maximum Gasteiger partial charge on any atom is 0.237 e. The molecular weight excluding hydrogens is 336 g/mol. The number of para-hydroxylation sites is 3.